The van der Waals surface area contributed by atoms with Crippen molar-refractivity contribution in [2.75, 3.05) is 0 Å². The van der Waals surface area contributed by atoms with E-state index in [1.807, 2.05) is 0 Å². The Morgan fingerprint density at radius 1 is 1.08 bits per heavy atom. The van der Waals surface area contributed by atoms with Crippen LogP contribution in [0, 0.1) is 28.6 Å². The smallest absolute Gasteiger partial charge is 0.130 e. The van der Waals surface area contributed by atoms with Crippen molar-refractivity contribution in [2.24, 2.45) is 28.6 Å². The van der Waals surface area contributed by atoms with Crippen molar-refractivity contribution >= 4 is 5.78 Å². The third-order valence-corrected chi connectivity index (χ3v) is 7.56. The molecule has 2 aliphatic rings. The summed E-state index contributed by atoms with van der Waals surface area (Å²) in [4.78, 5) is 11.1. The maximum absolute atomic E-state index is 11.1. The number of carbonyl (C=O) groups excluding carboxylic acids is 1. The molecule has 0 aromatic heterocycles. The first-order chi connectivity index (χ1) is 11.2. The van der Waals surface area contributed by atoms with E-state index < -0.39 is 0 Å². The zero-order valence-electron chi connectivity index (χ0n) is 17.1. The fourth-order valence-corrected chi connectivity index (χ4v) is 6.23. The zero-order chi connectivity index (χ0) is 18.0. The molecule has 0 saturated heterocycles. The van der Waals surface area contributed by atoms with Crippen molar-refractivity contribution in [1.82, 2.24) is 0 Å². The van der Waals surface area contributed by atoms with Gasteiger partial charge in [-0.05, 0) is 81.0 Å². The van der Waals surface area contributed by atoms with Crippen LogP contribution in [0.5, 0.6) is 0 Å². The Morgan fingerprint density at radius 2 is 1.79 bits per heavy atom. The number of ketones is 1. The molecule has 1 heteroatoms. The highest BCUT2D eigenvalue weighted by Crippen LogP contribution is 2.62. The molecule has 0 N–H and O–H groups in total. The molecule has 24 heavy (non-hydrogen) atoms. The summed E-state index contributed by atoms with van der Waals surface area (Å²) >= 11 is 0. The van der Waals surface area contributed by atoms with Gasteiger partial charge in [-0.25, -0.2) is 0 Å². The Morgan fingerprint density at radius 3 is 2.46 bits per heavy atom. The third-order valence-electron chi connectivity index (χ3n) is 7.56. The van der Waals surface area contributed by atoms with E-state index in [4.69, 9.17) is 0 Å². The Kier molecular flexibility index (Phi) is 6.37. The van der Waals surface area contributed by atoms with Crippen LogP contribution < -0.4 is 0 Å². The topological polar surface area (TPSA) is 17.1 Å². The lowest BCUT2D eigenvalue weighted by Gasteiger charge is -2.59. The van der Waals surface area contributed by atoms with Gasteiger partial charge in [0.15, 0.2) is 0 Å². The molecule has 0 amide bonds. The molecule has 138 valence electrons. The van der Waals surface area contributed by atoms with Gasteiger partial charge in [-0.3, -0.25) is 0 Å². The lowest BCUT2D eigenvalue weighted by atomic mass is 9.46. The maximum atomic E-state index is 11.1. The van der Waals surface area contributed by atoms with E-state index in [0.717, 1.165) is 24.2 Å². The van der Waals surface area contributed by atoms with Crippen molar-refractivity contribution < 1.29 is 4.79 Å². The largest absolute Gasteiger partial charge is 0.300 e. The fraction of sp³-hybridized carbons (Fsp3) is 0.870. The Hall–Kier alpha value is -0.590. The SMILES string of the molecule is CC(=O)CCC=C(C)CC[C@@H]1[C@H](C)CC[C@@H]2C(C)(C)CCC[C@]12C. The van der Waals surface area contributed by atoms with Crippen LogP contribution in [0.25, 0.3) is 0 Å². The minimum atomic E-state index is 0.305. The van der Waals surface area contributed by atoms with Crippen molar-refractivity contribution in [2.45, 2.75) is 99.3 Å². The van der Waals surface area contributed by atoms with Gasteiger partial charge in [-0.1, -0.05) is 52.2 Å². The number of carbonyl (C=O) groups is 1. The van der Waals surface area contributed by atoms with Crippen LogP contribution in [0.1, 0.15) is 99.3 Å². The van der Waals surface area contributed by atoms with Gasteiger partial charge < -0.3 is 4.79 Å². The van der Waals surface area contributed by atoms with Crippen molar-refractivity contribution in [3.8, 4) is 0 Å². The van der Waals surface area contributed by atoms with Gasteiger partial charge in [0, 0.05) is 6.42 Å². The number of hydrogen-bond donors (Lipinski definition) is 0. The van der Waals surface area contributed by atoms with Crippen LogP contribution in [0.3, 0.4) is 0 Å². The normalized spacial score (nSPS) is 36.2. The second kappa shape index (κ2) is 7.75. The van der Waals surface area contributed by atoms with Crippen LogP contribution in [0.4, 0.5) is 0 Å². The molecule has 0 aliphatic heterocycles. The average molecular weight is 333 g/mol. The predicted octanol–water partition coefficient (Wildman–Crippen LogP) is 6.96. The first-order valence-electron chi connectivity index (χ1n) is 10.3. The monoisotopic (exact) mass is 332 g/mol. The molecule has 0 aromatic rings. The summed E-state index contributed by atoms with van der Waals surface area (Å²) in [5.41, 5.74) is 2.56. The van der Waals surface area contributed by atoms with Gasteiger partial charge in [0.2, 0.25) is 0 Å². The quantitative estimate of drug-likeness (QED) is 0.480. The Balaban J connectivity index is 2.03. The maximum Gasteiger partial charge on any atom is 0.130 e. The minimum absolute atomic E-state index is 0.305. The number of hydrogen-bond acceptors (Lipinski definition) is 1. The van der Waals surface area contributed by atoms with Crippen LogP contribution in [0.15, 0.2) is 11.6 Å². The highest BCUT2D eigenvalue weighted by atomic mass is 16.1. The fourth-order valence-electron chi connectivity index (χ4n) is 6.23. The average Bonchev–Trinajstić information content (AvgIpc) is 2.45. The lowest BCUT2D eigenvalue weighted by molar-refractivity contribution is -0.116. The van der Waals surface area contributed by atoms with Gasteiger partial charge >= 0.3 is 0 Å². The van der Waals surface area contributed by atoms with E-state index in [-0.39, 0.29) is 0 Å². The number of Topliss-reactive ketones (excluding diaryl/α,β-unsaturated/α-hetero) is 1. The Labute approximate surface area is 150 Å². The summed E-state index contributed by atoms with van der Waals surface area (Å²) < 4.78 is 0. The van der Waals surface area contributed by atoms with E-state index in [9.17, 15) is 4.79 Å². The van der Waals surface area contributed by atoms with Crippen LogP contribution in [0.2, 0.25) is 0 Å². The summed E-state index contributed by atoms with van der Waals surface area (Å²) in [5, 5.41) is 0. The first kappa shape index (κ1) is 19.7. The molecule has 1 nitrogen and oxygen atoms in total. The molecule has 2 rings (SSSR count). The molecule has 0 aromatic carbocycles. The summed E-state index contributed by atoms with van der Waals surface area (Å²) in [6.07, 6.45) is 13.6. The van der Waals surface area contributed by atoms with E-state index >= 15 is 0 Å². The predicted molar refractivity (Wildman–Crippen MR) is 104 cm³/mol. The number of allylic oxidation sites excluding steroid dienone is 2. The van der Waals surface area contributed by atoms with Gasteiger partial charge in [0.25, 0.3) is 0 Å². The first-order valence-corrected chi connectivity index (χ1v) is 10.3. The van der Waals surface area contributed by atoms with E-state index in [1.165, 1.54) is 50.5 Å². The van der Waals surface area contributed by atoms with E-state index in [1.54, 1.807) is 6.92 Å². The summed E-state index contributed by atoms with van der Waals surface area (Å²) in [6.45, 7) is 14.1. The molecule has 0 bridgehead atoms. The number of rotatable bonds is 6. The van der Waals surface area contributed by atoms with Gasteiger partial charge in [-0.2, -0.15) is 0 Å². The second-order valence-electron chi connectivity index (χ2n) is 9.89. The van der Waals surface area contributed by atoms with Crippen molar-refractivity contribution in [3.63, 3.8) is 0 Å². The van der Waals surface area contributed by atoms with Crippen molar-refractivity contribution in [1.29, 1.82) is 0 Å². The molecular formula is C23H40O. The summed E-state index contributed by atoms with van der Waals surface area (Å²) in [7, 11) is 0. The standard InChI is InChI=1S/C23H40O/c1-17(9-7-10-19(3)24)11-13-20-18(2)12-14-21-22(4,5)15-8-16-23(20,21)6/h9,18,20-21H,7-8,10-16H2,1-6H3/t18-,20-,21-,23-/m1/s1. The molecule has 0 spiro atoms. The highest BCUT2D eigenvalue weighted by molar-refractivity contribution is 5.75. The van der Waals surface area contributed by atoms with E-state index in [2.05, 4.69) is 40.7 Å². The molecule has 2 aliphatic carbocycles. The zero-order valence-corrected chi connectivity index (χ0v) is 17.1. The van der Waals surface area contributed by atoms with Gasteiger partial charge in [0.05, 0.1) is 0 Å². The number of fused-ring (bicyclic) bond motifs is 1. The Bertz CT molecular complexity index is 472. The minimum Gasteiger partial charge on any atom is -0.300 e. The van der Waals surface area contributed by atoms with Crippen molar-refractivity contribution in [3.05, 3.63) is 11.6 Å². The van der Waals surface area contributed by atoms with Gasteiger partial charge in [-0.15, -0.1) is 0 Å². The molecule has 0 heterocycles. The molecule has 2 saturated carbocycles. The van der Waals surface area contributed by atoms with Crippen LogP contribution in [-0.2, 0) is 4.79 Å². The summed E-state index contributed by atoms with van der Waals surface area (Å²) in [5.74, 6) is 2.94. The second-order valence-corrected chi connectivity index (χ2v) is 9.89. The van der Waals surface area contributed by atoms with Gasteiger partial charge in [0.1, 0.15) is 5.78 Å². The molecular weight excluding hydrogens is 292 g/mol. The summed E-state index contributed by atoms with van der Waals surface area (Å²) in [6, 6.07) is 0. The van der Waals surface area contributed by atoms with Crippen LogP contribution >= 0.6 is 0 Å². The third kappa shape index (κ3) is 4.33. The van der Waals surface area contributed by atoms with E-state index in [0.29, 0.717) is 23.0 Å². The molecule has 2 fully saturated rings. The molecule has 4 atom stereocenters. The lowest BCUT2D eigenvalue weighted by Crippen LogP contribution is -2.51. The molecule has 0 unspecified atom stereocenters. The highest BCUT2D eigenvalue weighted by Gasteiger charge is 2.53. The molecule has 0 radical (unpaired) electrons. The van der Waals surface area contributed by atoms with Crippen LogP contribution in [-0.4, -0.2) is 5.78 Å².